The third kappa shape index (κ3) is 6.15. The lowest BCUT2D eigenvalue weighted by atomic mass is 10.1. The van der Waals surface area contributed by atoms with Crippen molar-refractivity contribution in [1.29, 1.82) is 0 Å². The number of hydrogen-bond donors (Lipinski definition) is 1. The normalized spacial score (nSPS) is 11.8. The van der Waals surface area contributed by atoms with Gasteiger partial charge in [0.2, 0.25) is 0 Å². The van der Waals surface area contributed by atoms with E-state index in [-0.39, 0.29) is 19.0 Å². The number of pyridine rings is 1. The Kier molecular flexibility index (Phi) is 5.24. The summed E-state index contributed by atoms with van der Waals surface area (Å²) >= 11 is 0. The number of aliphatic hydroxyl groups is 1. The Labute approximate surface area is 114 Å². The fraction of sp³-hybridized carbons (Fsp3) is 0.467. The summed E-state index contributed by atoms with van der Waals surface area (Å²) in [6.45, 7) is 7.30. The lowest BCUT2D eigenvalue weighted by Crippen LogP contribution is -2.23. The maximum Gasteiger partial charge on any atom is 0.310 e. The molecule has 104 valence electrons. The van der Waals surface area contributed by atoms with Gasteiger partial charge in [-0.3, -0.25) is 9.78 Å². The van der Waals surface area contributed by atoms with Crippen molar-refractivity contribution in [2.24, 2.45) is 0 Å². The number of rotatable bonds is 4. The summed E-state index contributed by atoms with van der Waals surface area (Å²) in [5.41, 5.74) is 1.92. The summed E-state index contributed by atoms with van der Waals surface area (Å²) in [5, 5.41) is 9.07. The van der Waals surface area contributed by atoms with Gasteiger partial charge in [-0.15, -0.1) is 0 Å². The van der Waals surface area contributed by atoms with Crippen LogP contribution in [0.15, 0.2) is 18.2 Å². The van der Waals surface area contributed by atoms with Crippen LogP contribution in [-0.2, 0) is 16.1 Å². The zero-order chi connectivity index (χ0) is 14.5. The van der Waals surface area contributed by atoms with Crippen molar-refractivity contribution in [3.8, 4) is 0 Å². The van der Waals surface area contributed by atoms with Crippen LogP contribution >= 0.6 is 0 Å². The molecule has 1 aromatic heterocycles. The minimum absolute atomic E-state index is 0.0887. The summed E-state index contributed by atoms with van der Waals surface area (Å²) in [6, 6.07) is 3.68. The quantitative estimate of drug-likeness (QED) is 0.848. The number of carbonyl (C=O) groups is 1. The molecule has 0 unspecified atom stereocenters. The third-order valence-electron chi connectivity index (χ3n) is 2.21. The Bertz CT molecular complexity index is 473. The average Bonchev–Trinajstić information content (AvgIpc) is 2.25. The molecule has 0 aliphatic rings. The number of aromatic nitrogens is 1. The van der Waals surface area contributed by atoms with E-state index < -0.39 is 5.60 Å². The highest BCUT2D eigenvalue weighted by atomic mass is 16.6. The van der Waals surface area contributed by atoms with E-state index in [2.05, 4.69) is 4.98 Å². The first-order chi connectivity index (χ1) is 8.80. The van der Waals surface area contributed by atoms with Crippen LogP contribution < -0.4 is 0 Å². The van der Waals surface area contributed by atoms with Crippen molar-refractivity contribution in [2.75, 3.05) is 0 Å². The summed E-state index contributed by atoms with van der Waals surface area (Å²) in [6.07, 6.45) is 3.81. The lowest BCUT2D eigenvalue weighted by Gasteiger charge is -2.18. The molecular weight excluding hydrogens is 242 g/mol. The molecule has 1 N–H and O–H groups in total. The summed E-state index contributed by atoms with van der Waals surface area (Å²) in [5.74, 6) is -0.253. The van der Waals surface area contributed by atoms with E-state index in [0.29, 0.717) is 5.69 Å². The molecule has 0 saturated heterocycles. The Morgan fingerprint density at radius 3 is 2.68 bits per heavy atom. The van der Waals surface area contributed by atoms with Gasteiger partial charge < -0.3 is 9.84 Å². The third-order valence-corrected chi connectivity index (χ3v) is 2.21. The van der Waals surface area contributed by atoms with Gasteiger partial charge in [-0.05, 0) is 45.4 Å². The lowest BCUT2D eigenvalue weighted by molar-refractivity contribution is -0.153. The molecular formula is C15H21NO3. The van der Waals surface area contributed by atoms with E-state index in [9.17, 15) is 4.79 Å². The van der Waals surface area contributed by atoms with Gasteiger partial charge in [0.25, 0.3) is 0 Å². The van der Waals surface area contributed by atoms with E-state index in [4.69, 9.17) is 9.84 Å². The molecule has 1 rings (SSSR count). The maximum absolute atomic E-state index is 11.5. The molecule has 0 aliphatic carbocycles. The Hall–Kier alpha value is -1.68. The summed E-state index contributed by atoms with van der Waals surface area (Å²) in [7, 11) is 0. The molecule has 0 bridgehead atoms. The van der Waals surface area contributed by atoms with Gasteiger partial charge in [0.05, 0.1) is 18.7 Å². The minimum atomic E-state index is -0.456. The maximum atomic E-state index is 11.5. The van der Waals surface area contributed by atoms with Crippen LogP contribution in [0.1, 0.15) is 44.1 Å². The second-order valence-electron chi connectivity index (χ2n) is 5.38. The predicted octanol–water partition coefficient (Wildman–Crippen LogP) is 2.63. The van der Waals surface area contributed by atoms with E-state index in [1.807, 2.05) is 39.8 Å². The first-order valence-electron chi connectivity index (χ1n) is 6.27. The van der Waals surface area contributed by atoms with E-state index in [1.54, 1.807) is 12.1 Å². The molecule has 0 atom stereocenters. The largest absolute Gasteiger partial charge is 0.460 e. The van der Waals surface area contributed by atoms with E-state index in [0.717, 1.165) is 11.3 Å². The van der Waals surface area contributed by atoms with Crippen LogP contribution in [0.3, 0.4) is 0 Å². The predicted molar refractivity (Wildman–Crippen MR) is 74.4 cm³/mol. The zero-order valence-electron chi connectivity index (χ0n) is 11.9. The van der Waals surface area contributed by atoms with Gasteiger partial charge in [0.1, 0.15) is 5.60 Å². The van der Waals surface area contributed by atoms with Gasteiger partial charge >= 0.3 is 5.97 Å². The van der Waals surface area contributed by atoms with Crippen molar-refractivity contribution < 1.29 is 14.6 Å². The molecule has 1 aromatic rings. The number of aryl methyl sites for hydroxylation is 1. The highest BCUT2D eigenvalue weighted by Crippen LogP contribution is 2.11. The van der Waals surface area contributed by atoms with Crippen LogP contribution in [-0.4, -0.2) is 21.7 Å². The number of ether oxygens (including phenoxy) is 1. The van der Waals surface area contributed by atoms with Gasteiger partial charge in [0.15, 0.2) is 0 Å². The number of hydrogen-bond acceptors (Lipinski definition) is 4. The van der Waals surface area contributed by atoms with Crippen molar-refractivity contribution in [3.63, 3.8) is 0 Å². The molecule has 1 heterocycles. The van der Waals surface area contributed by atoms with Gasteiger partial charge in [-0.2, -0.15) is 0 Å². The smallest absolute Gasteiger partial charge is 0.310 e. The van der Waals surface area contributed by atoms with Crippen LogP contribution in [0.5, 0.6) is 0 Å². The van der Waals surface area contributed by atoms with Crippen LogP contribution in [0, 0.1) is 6.92 Å². The second-order valence-corrected chi connectivity index (χ2v) is 5.38. The monoisotopic (exact) mass is 263 g/mol. The van der Waals surface area contributed by atoms with E-state index >= 15 is 0 Å². The molecule has 4 heteroatoms. The van der Waals surface area contributed by atoms with Crippen molar-refractivity contribution in [1.82, 2.24) is 4.98 Å². The molecule has 0 amide bonds. The molecule has 0 aliphatic heterocycles. The van der Waals surface area contributed by atoms with Crippen molar-refractivity contribution in [2.45, 2.75) is 46.3 Å². The fourth-order valence-corrected chi connectivity index (χ4v) is 1.62. The molecule has 0 saturated carbocycles. The summed E-state index contributed by atoms with van der Waals surface area (Å²) in [4.78, 5) is 15.7. The van der Waals surface area contributed by atoms with Crippen LogP contribution in [0.2, 0.25) is 0 Å². The molecule has 0 radical (unpaired) electrons. The zero-order valence-corrected chi connectivity index (χ0v) is 11.9. The minimum Gasteiger partial charge on any atom is -0.460 e. The Morgan fingerprint density at radius 2 is 2.11 bits per heavy atom. The number of esters is 1. The van der Waals surface area contributed by atoms with Crippen molar-refractivity contribution >= 4 is 12.0 Å². The van der Waals surface area contributed by atoms with E-state index in [1.165, 1.54) is 0 Å². The number of aliphatic hydroxyl groups excluding tert-OH is 1. The first kappa shape index (κ1) is 15.4. The SMILES string of the molecule is Cc1cc(/C=C/CC(=O)OC(C)(C)C)cc(CO)n1. The van der Waals surface area contributed by atoms with Crippen molar-refractivity contribution in [3.05, 3.63) is 35.2 Å². The summed E-state index contributed by atoms with van der Waals surface area (Å²) < 4.78 is 5.20. The molecule has 0 fully saturated rings. The average molecular weight is 263 g/mol. The highest BCUT2D eigenvalue weighted by Gasteiger charge is 2.14. The first-order valence-corrected chi connectivity index (χ1v) is 6.27. The molecule has 19 heavy (non-hydrogen) atoms. The Balaban J connectivity index is 2.62. The molecule has 0 spiro atoms. The number of nitrogens with zero attached hydrogens (tertiary/aromatic N) is 1. The Morgan fingerprint density at radius 1 is 1.42 bits per heavy atom. The molecule has 4 nitrogen and oxygen atoms in total. The van der Waals surface area contributed by atoms with Gasteiger partial charge in [0, 0.05) is 5.69 Å². The fourth-order valence-electron chi connectivity index (χ4n) is 1.62. The second kappa shape index (κ2) is 6.48. The highest BCUT2D eigenvalue weighted by molar-refractivity contribution is 5.73. The number of carbonyl (C=O) groups excluding carboxylic acids is 1. The van der Waals surface area contributed by atoms with Crippen LogP contribution in [0.4, 0.5) is 0 Å². The topological polar surface area (TPSA) is 59.4 Å². The standard InChI is InChI=1S/C15H21NO3/c1-11-8-12(9-13(10-17)16-11)6-5-7-14(18)19-15(2,3)4/h5-6,8-9,17H,7,10H2,1-4H3/b6-5+. The van der Waals surface area contributed by atoms with Crippen LogP contribution in [0.25, 0.3) is 6.08 Å². The van der Waals surface area contributed by atoms with Gasteiger partial charge in [-0.25, -0.2) is 0 Å². The molecule has 0 aromatic carbocycles. The van der Waals surface area contributed by atoms with Gasteiger partial charge in [-0.1, -0.05) is 12.2 Å².